The van der Waals surface area contributed by atoms with E-state index in [-0.39, 0.29) is 0 Å². The van der Waals surface area contributed by atoms with Crippen molar-refractivity contribution in [3.63, 3.8) is 0 Å². The Labute approximate surface area is 78.4 Å². The molecule has 2 heteroatoms. The van der Waals surface area contributed by atoms with Gasteiger partial charge in [-0.2, -0.15) is 0 Å². The summed E-state index contributed by atoms with van der Waals surface area (Å²) in [6, 6.07) is 9.79. The molecule has 0 saturated heterocycles. The lowest BCUT2D eigenvalue weighted by molar-refractivity contribution is 0.314. The Morgan fingerprint density at radius 1 is 1.33 bits per heavy atom. The lowest BCUT2D eigenvalue weighted by Gasteiger charge is -2.04. The first-order chi connectivity index (χ1) is 5.84. The van der Waals surface area contributed by atoms with Gasteiger partial charge >= 0.3 is 0 Å². The van der Waals surface area contributed by atoms with Crippen LogP contribution in [0.3, 0.4) is 0 Å². The first-order valence-corrected chi connectivity index (χ1v) is 4.47. The minimum absolute atomic E-state index is 0.595. The molecule has 0 atom stereocenters. The number of rotatable bonds is 3. The molecule has 0 aromatic heterocycles. The van der Waals surface area contributed by atoms with Gasteiger partial charge in [-0.3, -0.25) is 0 Å². The molecule has 1 nitrogen and oxygen atoms in total. The molecule has 12 heavy (non-hydrogen) atoms. The Hall–Kier alpha value is -0.890. The van der Waals surface area contributed by atoms with E-state index in [1.807, 2.05) is 30.3 Å². The highest BCUT2D eigenvalue weighted by Crippen LogP contribution is 2.02. The number of benzene rings is 1. The SMILES string of the molecule is CCCOC(=S)c1ccccc1. The van der Waals surface area contributed by atoms with Crippen molar-refractivity contribution in [3.8, 4) is 0 Å². The predicted molar refractivity (Wildman–Crippen MR) is 54.4 cm³/mol. The van der Waals surface area contributed by atoms with Crippen LogP contribution in [0.2, 0.25) is 0 Å². The fourth-order valence-electron chi connectivity index (χ4n) is 0.852. The third-order valence-corrected chi connectivity index (χ3v) is 1.80. The van der Waals surface area contributed by atoms with Gasteiger partial charge in [0, 0.05) is 5.56 Å². The largest absolute Gasteiger partial charge is 0.483 e. The molecule has 64 valence electrons. The molecule has 0 heterocycles. The fraction of sp³-hybridized carbons (Fsp3) is 0.300. The minimum Gasteiger partial charge on any atom is -0.483 e. The molecule has 0 unspecified atom stereocenters. The summed E-state index contributed by atoms with van der Waals surface area (Å²) in [5.41, 5.74) is 0.987. The molecule has 0 aliphatic rings. The van der Waals surface area contributed by atoms with E-state index in [9.17, 15) is 0 Å². The van der Waals surface area contributed by atoms with E-state index in [2.05, 4.69) is 6.92 Å². The highest BCUT2D eigenvalue weighted by Gasteiger charge is 1.98. The molecule has 0 fully saturated rings. The van der Waals surface area contributed by atoms with E-state index in [1.54, 1.807) is 0 Å². The molecule has 0 aliphatic heterocycles. The second-order valence-corrected chi connectivity index (χ2v) is 2.87. The van der Waals surface area contributed by atoms with Crippen LogP contribution in [-0.2, 0) is 4.74 Å². The fourth-order valence-corrected chi connectivity index (χ4v) is 1.07. The first kappa shape index (κ1) is 9.20. The Morgan fingerprint density at radius 2 is 2.00 bits per heavy atom. The van der Waals surface area contributed by atoms with Gasteiger partial charge in [-0.05, 0) is 18.6 Å². The van der Waals surface area contributed by atoms with E-state index >= 15 is 0 Å². The summed E-state index contributed by atoms with van der Waals surface area (Å²) in [5.74, 6) is 0. The minimum atomic E-state index is 0.595. The summed E-state index contributed by atoms with van der Waals surface area (Å²) < 4.78 is 5.31. The predicted octanol–water partition coefficient (Wildman–Crippen LogP) is 2.79. The monoisotopic (exact) mass is 180 g/mol. The van der Waals surface area contributed by atoms with Crippen LogP contribution in [-0.4, -0.2) is 11.7 Å². The summed E-state index contributed by atoms with van der Waals surface area (Å²) in [4.78, 5) is 0. The van der Waals surface area contributed by atoms with Crippen molar-refractivity contribution < 1.29 is 4.74 Å². The van der Waals surface area contributed by atoms with E-state index in [1.165, 1.54) is 0 Å². The van der Waals surface area contributed by atoms with Gasteiger partial charge in [0.05, 0.1) is 6.61 Å². The Bertz CT molecular complexity index is 243. The summed E-state index contributed by atoms with van der Waals surface area (Å²) in [5, 5.41) is 0.595. The second-order valence-electron chi connectivity index (χ2n) is 2.50. The first-order valence-electron chi connectivity index (χ1n) is 4.06. The van der Waals surface area contributed by atoms with Crippen molar-refractivity contribution in [3.05, 3.63) is 35.9 Å². The van der Waals surface area contributed by atoms with Gasteiger partial charge in [0.1, 0.15) is 0 Å². The highest BCUT2D eigenvalue weighted by molar-refractivity contribution is 7.80. The maximum atomic E-state index is 5.31. The van der Waals surface area contributed by atoms with Crippen LogP contribution in [0, 0.1) is 0 Å². The van der Waals surface area contributed by atoms with Gasteiger partial charge in [0.15, 0.2) is 5.05 Å². The van der Waals surface area contributed by atoms with Crippen LogP contribution in [0.25, 0.3) is 0 Å². The molecular weight excluding hydrogens is 168 g/mol. The van der Waals surface area contributed by atoms with Gasteiger partial charge in [-0.15, -0.1) is 0 Å². The Balaban J connectivity index is 2.54. The number of thiocarbonyl (C=S) groups is 1. The molecule has 1 aromatic carbocycles. The van der Waals surface area contributed by atoms with Gasteiger partial charge in [0.25, 0.3) is 0 Å². The van der Waals surface area contributed by atoms with Crippen molar-refractivity contribution in [2.24, 2.45) is 0 Å². The molecule has 1 rings (SSSR count). The van der Waals surface area contributed by atoms with E-state index in [4.69, 9.17) is 17.0 Å². The average Bonchev–Trinajstić information content (AvgIpc) is 2.15. The zero-order chi connectivity index (χ0) is 8.81. The van der Waals surface area contributed by atoms with Crippen LogP contribution in [0.15, 0.2) is 30.3 Å². The Morgan fingerprint density at radius 3 is 2.58 bits per heavy atom. The van der Waals surface area contributed by atoms with Crippen LogP contribution in [0.4, 0.5) is 0 Å². The maximum absolute atomic E-state index is 5.31. The van der Waals surface area contributed by atoms with E-state index < -0.39 is 0 Å². The highest BCUT2D eigenvalue weighted by atomic mass is 32.1. The van der Waals surface area contributed by atoms with E-state index in [0.29, 0.717) is 11.7 Å². The smallest absolute Gasteiger partial charge is 0.191 e. The average molecular weight is 180 g/mol. The van der Waals surface area contributed by atoms with Crippen LogP contribution < -0.4 is 0 Å². The molecule has 0 bridgehead atoms. The van der Waals surface area contributed by atoms with Crippen molar-refractivity contribution in [1.29, 1.82) is 0 Å². The molecule has 0 radical (unpaired) electrons. The Kier molecular flexibility index (Phi) is 3.74. The number of hydrogen-bond acceptors (Lipinski definition) is 2. The van der Waals surface area contributed by atoms with Gasteiger partial charge in [-0.1, -0.05) is 37.3 Å². The standard InChI is InChI=1S/C10H12OS/c1-2-8-11-10(12)9-6-4-3-5-7-9/h3-7H,2,8H2,1H3. The van der Waals surface area contributed by atoms with E-state index in [0.717, 1.165) is 12.0 Å². The molecule has 0 spiro atoms. The molecule has 1 aromatic rings. The zero-order valence-electron chi connectivity index (χ0n) is 7.12. The van der Waals surface area contributed by atoms with Crippen molar-refractivity contribution in [1.82, 2.24) is 0 Å². The quantitative estimate of drug-likeness (QED) is 0.661. The normalized spacial score (nSPS) is 9.42. The summed E-state index contributed by atoms with van der Waals surface area (Å²) in [6.07, 6.45) is 0.993. The zero-order valence-corrected chi connectivity index (χ0v) is 7.93. The van der Waals surface area contributed by atoms with Gasteiger partial charge in [0.2, 0.25) is 0 Å². The van der Waals surface area contributed by atoms with Crippen LogP contribution in [0.5, 0.6) is 0 Å². The van der Waals surface area contributed by atoms with Gasteiger partial charge in [-0.25, -0.2) is 0 Å². The third-order valence-electron chi connectivity index (χ3n) is 1.45. The summed E-state index contributed by atoms with van der Waals surface area (Å²) in [6.45, 7) is 2.77. The molecule has 0 aliphatic carbocycles. The lowest BCUT2D eigenvalue weighted by Crippen LogP contribution is -2.03. The molecule has 0 saturated carbocycles. The summed E-state index contributed by atoms with van der Waals surface area (Å²) >= 11 is 5.06. The summed E-state index contributed by atoms with van der Waals surface area (Å²) in [7, 11) is 0. The number of hydrogen-bond donors (Lipinski definition) is 0. The second kappa shape index (κ2) is 4.88. The lowest BCUT2D eigenvalue weighted by atomic mass is 10.2. The molecule has 0 amide bonds. The van der Waals surface area contributed by atoms with Crippen molar-refractivity contribution in [2.45, 2.75) is 13.3 Å². The third kappa shape index (κ3) is 2.62. The van der Waals surface area contributed by atoms with Crippen LogP contribution in [0.1, 0.15) is 18.9 Å². The van der Waals surface area contributed by atoms with Gasteiger partial charge < -0.3 is 4.74 Å². The molecular formula is C10H12OS. The van der Waals surface area contributed by atoms with Crippen molar-refractivity contribution in [2.75, 3.05) is 6.61 Å². The maximum Gasteiger partial charge on any atom is 0.191 e. The molecule has 0 N–H and O–H groups in total. The number of ether oxygens (including phenoxy) is 1. The van der Waals surface area contributed by atoms with Crippen LogP contribution >= 0.6 is 12.2 Å². The van der Waals surface area contributed by atoms with Crippen molar-refractivity contribution >= 4 is 17.3 Å². The topological polar surface area (TPSA) is 9.23 Å².